The lowest BCUT2D eigenvalue weighted by Crippen LogP contribution is -2.14. The Morgan fingerprint density at radius 1 is 0.444 bits per heavy atom. The van der Waals surface area contributed by atoms with Crippen molar-refractivity contribution < 1.29 is 0 Å². The highest BCUT2D eigenvalue weighted by Gasteiger charge is 2.25. The fourth-order valence-corrected chi connectivity index (χ4v) is 9.11. The molecule has 0 aliphatic heterocycles. The second kappa shape index (κ2) is 12.6. The summed E-state index contributed by atoms with van der Waals surface area (Å²) in [7, 11) is 0. The molecule has 0 fully saturated rings. The molecular formula is C49H36N4S. The van der Waals surface area contributed by atoms with Gasteiger partial charge in [0.15, 0.2) is 17.5 Å². The molecule has 0 N–H and O–H groups in total. The number of benzene rings is 7. The van der Waals surface area contributed by atoms with Crippen molar-refractivity contribution in [2.45, 2.75) is 26.2 Å². The molecular weight excluding hydrogens is 677 g/mol. The summed E-state index contributed by atoms with van der Waals surface area (Å²) in [6.45, 7) is 6.77. The second-order valence-corrected chi connectivity index (χ2v) is 15.9. The highest BCUT2D eigenvalue weighted by Crippen LogP contribution is 2.42. The third kappa shape index (κ3) is 5.31. The Kier molecular flexibility index (Phi) is 7.53. The number of hydrogen-bond acceptors (Lipinski definition) is 4. The lowest BCUT2D eigenvalue weighted by Gasteiger charge is -2.24. The third-order valence-corrected chi connectivity index (χ3v) is 11.6. The second-order valence-electron chi connectivity index (χ2n) is 14.8. The average molecular weight is 713 g/mol. The van der Waals surface area contributed by atoms with Gasteiger partial charge in [-0.1, -0.05) is 142 Å². The maximum atomic E-state index is 5.43. The normalized spacial score (nSPS) is 12.0. The smallest absolute Gasteiger partial charge is 0.166 e. The molecule has 0 spiro atoms. The lowest BCUT2D eigenvalue weighted by atomic mass is 9.82. The standard InChI is InChI=1S/C49H36N4S/c1-49(2,3)40-29-28-32(31-16-5-4-6-17-31)30-39(40)48-51-46(50-47(52-48)38-23-15-22-36-35-20-10-14-27-44(35)54-45(36)38)37-21-9-13-26-43(37)53-41-24-11-7-18-33(41)34-19-8-12-25-42(34)53/h4-30H,1-3H3. The first-order valence-corrected chi connectivity index (χ1v) is 19.2. The van der Waals surface area contributed by atoms with Crippen LogP contribution in [0.25, 0.3) is 93.0 Å². The molecule has 0 saturated heterocycles. The molecule has 5 heteroatoms. The van der Waals surface area contributed by atoms with Crippen LogP contribution in [0.5, 0.6) is 0 Å². The van der Waals surface area contributed by atoms with Crippen molar-refractivity contribution in [3.8, 4) is 51.0 Å². The van der Waals surface area contributed by atoms with Crippen molar-refractivity contribution in [1.29, 1.82) is 0 Å². The zero-order valence-electron chi connectivity index (χ0n) is 30.3. The molecule has 0 aliphatic rings. The van der Waals surface area contributed by atoms with E-state index in [0.29, 0.717) is 17.5 Å². The van der Waals surface area contributed by atoms with E-state index in [2.05, 4.69) is 189 Å². The number of nitrogens with zero attached hydrogens (tertiary/aromatic N) is 4. The Morgan fingerprint density at radius 2 is 1.00 bits per heavy atom. The van der Waals surface area contributed by atoms with Gasteiger partial charge in [0, 0.05) is 47.6 Å². The van der Waals surface area contributed by atoms with Gasteiger partial charge in [-0.25, -0.2) is 15.0 Å². The summed E-state index contributed by atoms with van der Waals surface area (Å²) in [5.41, 5.74) is 9.55. The fraction of sp³-hybridized carbons (Fsp3) is 0.0816. The number of hydrogen-bond donors (Lipinski definition) is 0. The van der Waals surface area contributed by atoms with E-state index in [-0.39, 0.29) is 5.41 Å². The Hall–Kier alpha value is -6.43. The van der Waals surface area contributed by atoms with E-state index in [1.165, 1.54) is 36.5 Å². The molecule has 0 aliphatic carbocycles. The minimum atomic E-state index is -0.163. The van der Waals surface area contributed by atoms with Crippen LogP contribution in [0.15, 0.2) is 164 Å². The molecule has 0 atom stereocenters. The van der Waals surface area contributed by atoms with Crippen molar-refractivity contribution >= 4 is 53.3 Å². The van der Waals surface area contributed by atoms with Gasteiger partial charge in [-0.05, 0) is 64.6 Å². The van der Waals surface area contributed by atoms with E-state index in [9.17, 15) is 0 Å². The van der Waals surface area contributed by atoms with E-state index < -0.39 is 0 Å². The quantitative estimate of drug-likeness (QED) is 0.178. The van der Waals surface area contributed by atoms with Gasteiger partial charge in [0.2, 0.25) is 0 Å². The molecule has 4 nitrogen and oxygen atoms in total. The van der Waals surface area contributed by atoms with E-state index in [4.69, 9.17) is 15.0 Å². The van der Waals surface area contributed by atoms with E-state index in [1.54, 1.807) is 11.3 Å². The van der Waals surface area contributed by atoms with Crippen LogP contribution in [0.1, 0.15) is 26.3 Å². The van der Waals surface area contributed by atoms with E-state index in [1.807, 2.05) is 0 Å². The average Bonchev–Trinajstić information content (AvgIpc) is 3.76. The minimum absolute atomic E-state index is 0.163. The third-order valence-electron chi connectivity index (χ3n) is 10.4. The van der Waals surface area contributed by atoms with Crippen molar-refractivity contribution in [2.24, 2.45) is 0 Å². The molecule has 3 aromatic heterocycles. The van der Waals surface area contributed by atoms with Crippen LogP contribution in [-0.2, 0) is 5.41 Å². The van der Waals surface area contributed by atoms with Crippen LogP contribution in [-0.4, -0.2) is 19.5 Å². The van der Waals surface area contributed by atoms with Crippen molar-refractivity contribution in [3.05, 3.63) is 169 Å². The number of fused-ring (bicyclic) bond motifs is 6. The van der Waals surface area contributed by atoms with Gasteiger partial charge in [0.05, 0.1) is 16.7 Å². The first kappa shape index (κ1) is 32.2. The summed E-state index contributed by atoms with van der Waals surface area (Å²) in [5.74, 6) is 1.96. The van der Waals surface area contributed by atoms with Crippen LogP contribution >= 0.6 is 11.3 Å². The van der Waals surface area contributed by atoms with Crippen LogP contribution < -0.4 is 0 Å². The first-order valence-electron chi connectivity index (χ1n) is 18.4. The zero-order valence-corrected chi connectivity index (χ0v) is 31.1. The minimum Gasteiger partial charge on any atom is -0.309 e. The van der Waals surface area contributed by atoms with Crippen molar-refractivity contribution in [1.82, 2.24) is 19.5 Å². The lowest BCUT2D eigenvalue weighted by molar-refractivity contribution is 0.591. The van der Waals surface area contributed by atoms with Crippen LogP contribution in [0.3, 0.4) is 0 Å². The number of para-hydroxylation sites is 3. The number of rotatable bonds is 5. The van der Waals surface area contributed by atoms with Gasteiger partial charge < -0.3 is 4.57 Å². The van der Waals surface area contributed by atoms with E-state index in [0.717, 1.165) is 44.5 Å². The van der Waals surface area contributed by atoms with Crippen molar-refractivity contribution in [2.75, 3.05) is 0 Å². The molecule has 7 aromatic carbocycles. The highest BCUT2D eigenvalue weighted by atomic mass is 32.1. The van der Waals surface area contributed by atoms with Gasteiger partial charge in [0.1, 0.15) is 0 Å². The summed E-state index contributed by atoms with van der Waals surface area (Å²) in [4.78, 5) is 16.2. The summed E-state index contributed by atoms with van der Waals surface area (Å²) in [6.07, 6.45) is 0. The van der Waals surface area contributed by atoms with E-state index >= 15 is 0 Å². The summed E-state index contributed by atoms with van der Waals surface area (Å²) >= 11 is 1.79. The topological polar surface area (TPSA) is 43.6 Å². The van der Waals surface area contributed by atoms with Gasteiger partial charge in [0.25, 0.3) is 0 Å². The Morgan fingerprint density at radius 3 is 1.72 bits per heavy atom. The zero-order chi connectivity index (χ0) is 36.4. The van der Waals surface area contributed by atoms with Gasteiger partial charge in [-0.2, -0.15) is 0 Å². The summed E-state index contributed by atoms with van der Waals surface area (Å²) in [5, 5.41) is 4.88. The Balaban J connectivity index is 1.28. The fourth-order valence-electron chi connectivity index (χ4n) is 7.89. The SMILES string of the molecule is CC(C)(C)c1ccc(-c2ccccc2)cc1-c1nc(-c2ccccc2-n2c3ccccc3c3ccccc32)nc(-c2cccc3c2sc2ccccc23)n1. The molecule has 0 amide bonds. The maximum Gasteiger partial charge on any atom is 0.166 e. The molecule has 258 valence electrons. The predicted molar refractivity (Wildman–Crippen MR) is 227 cm³/mol. The molecule has 10 rings (SSSR count). The maximum absolute atomic E-state index is 5.43. The summed E-state index contributed by atoms with van der Waals surface area (Å²) < 4.78 is 4.77. The molecule has 0 radical (unpaired) electrons. The molecule has 54 heavy (non-hydrogen) atoms. The van der Waals surface area contributed by atoms with Gasteiger partial charge in [-0.3, -0.25) is 0 Å². The van der Waals surface area contributed by atoms with Crippen LogP contribution in [0, 0.1) is 0 Å². The van der Waals surface area contributed by atoms with Crippen molar-refractivity contribution in [3.63, 3.8) is 0 Å². The van der Waals surface area contributed by atoms with Crippen LogP contribution in [0.4, 0.5) is 0 Å². The Labute approximate surface area is 318 Å². The number of thiophene rings is 1. The largest absolute Gasteiger partial charge is 0.309 e. The van der Waals surface area contributed by atoms with Gasteiger partial charge in [-0.15, -0.1) is 11.3 Å². The molecule has 3 heterocycles. The summed E-state index contributed by atoms with van der Waals surface area (Å²) in [6, 6.07) is 58.1. The van der Waals surface area contributed by atoms with Gasteiger partial charge >= 0.3 is 0 Å². The number of aromatic nitrogens is 4. The highest BCUT2D eigenvalue weighted by molar-refractivity contribution is 7.26. The molecule has 0 bridgehead atoms. The Bertz CT molecular complexity index is 2990. The predicted octanol–water partition coefficient (Wildman–Crippen LogP) is 13.3. The monoisotopic (exact) mass is 712 g/mol. The first-order chi connectivity index (χ1) is 26.4. The molecule has 0 unspecified atom stereocenters. The van der Waals surface area contributed by atoms with Crippen LogP contribution in [0.2, 0.25) is 0 Å². The molecule has 10 aromatic rings. The molecule has 0 saturated carbocycles.